The molecule has 1 saturated heterocycles. The van der Waals surface area contributed by atoms with Crippen LogP contribution in [-0.4, -0.2) is 23.9 Å². The number of hydrogen-bond acceptors (Lipinski definition) is 1. The predicted molar refractivity (Wildman–Crippen MR) is 52.3 cm³/mol. The highest BCUT2D eigenvalue weighted by Crippen LogP contribution is 2.33. The molecule has 13 heavy (non-hydrogen) atoms. The van der Waals surface area contributed by atoms with Crippen molar-refractivity contribution in [2.45, 2.75) is 39.0 Å². The number of rotatable bonds is 3. The molecule has 2 nitrogen and oxygen atoms in total. The van der Waals surface area contributed by atoms with E-state index in [1.54, 1.807) is 0 Å². The van der Waals surface area contributed by atoms with Crippen LogP contribution in [0.1, 0.15) is 39.0 Å². The van der Waals surface area contributed by atoms with Gasteiger partial charge < -0.3 is 4.90 Å². The topological polar surface area (TPSA) is 20.3 Å². The van der Waals surface area contributed by atoms with Crippen molar-refractivity contribution >= 4 is 5.91 Å². The van der Waals surface area contributed by atoms with Crippen molar-refractivity contribution in [3.63, 3.8) is 0 Å². The molecule has 1 atom stereocenters. The van der Waals surface area contributed by atoms with E-state index in [-0.39, 0.29) is 0 Å². The van der Waals surface area contributed by atoms with Gasteiger partial charge in [0.25, 0.3) is 0 Å². The summed E-state index contributed by atoms with van der Waals surface area (Å²) in [4.78, 5) is 13.7. The summed E-state index contributed by atoms with van der Waals surface area (Å²) in [7, 11) is 0. The fourth-order valence-corrected chi connectivity index (χ4v) is 2.05. The Morgan fingerprint density at radius 2 is 2.15 bits per heavy atom. The average molecular weight is 181 g/mol. The van der Waals surface area contributed by atoms with Crippen LogP contribution in [-0.2, 0) is 4.79 Å². The number of amides is 1. The Hall–Kier alpha value is -0.530. The molecule has 0 spiro atoms. The first kappa shape index (κ1) is 9.04. The number of likely N-dealkylation sites (tertiary alicyclic amines) is 1. The summed E-state index contributed by atoms with van der Waals surface area (Å²) in [5, 5.41) is 0. The first-order valence-corrected chi connectivity index (χ1v) is 5.53. The van der Waals surface area contributed by atoms with Crippen molar-refractivity contribution in [2.24, 2.45) is 11.8 Å². The van der Waals surface area contributed by atoms with Gasteiger partial charge in [0, 0.05) is 19.5 Å². The minimum atomic E-state index is 0.399. The van der Waals surface area contributed by atoms with E-state index >= 15 is 0 Å². The average Bonchev–Trinajstić information content (AvgIpc) is 2.84. The predicted octanol–water partition coefficient (Wildman–Crippen LogP) is 2.04. The third-order valence-electron chi connectivity index (χ3n) is 3.24. The highest BCUT2D eigenvalue weighted by atomic mass is 16.2. The summed E-state index contributed by atoms with van der Waals surface area (Å²) < 4.78 is 0. The van der Waals surface area contributed by atoms with Gasteiger partial charge in [-0.3, -0.25) is 4.79 Å². The monoisotopic (exact) mass is 181 g/mol. The first-order valence-electron chi connectivity index (χ1n) is 5.53. The second-order valence-electron chi connectivity index (χ2n) is 4.72. The molecule has 2 aliphatic rings. The van der Waals surface area contributed by atoms with Crippen molar-refractivity contribution in [2.75, 3.05) is 13.1 Å². The van der Waals surface area contributed by atoms with Crippen LogP contribution in [0.4, 0.5) is 0 Å². The van der Waals surface area contributed by atoms with Gasteiger partial charge in [0.1, 0.15) is 0 Å². The number of carbonyl (C=O) groups excluding carboxylic acids is 1. The highest BCUT2D eigenvalue weighted by Gasteiger charge is 2.26. The van der Waals surface area contributed by atoms with Gasteiger partial charge in [-0.2, -0.15) is 0 Å². The van der Waals surface area contributed by atoms with Crippen molar-refractivity contribution in [3.05, 3.63) is 0 Å². The van der Waals surface area contributed by atoms with Crippen LogP contribution in [0.5, 0.6) is 0 Å². The van der Waals surface area contributed by atoms with Gasteiger partial charge in [-0.25, -0.2) is 0 Å². The fourth-order valence-electron chi connectivity index (χ4n) is 2.05. The molecule has 2 heteroatoms. The summed E-state index contributed by atoms with van der Waals surface area (Å²) in [5.41, 5.74) is 0. The summed E-state index contributed by atoms with van der Waals surface area (Å²) in [6.07, 6.45) is 5.88. The van der Waals surface area contributed by atoms with Crippen molar-refractivity contribution in [1.29, 1.82) is 0 Å². The maximum atomic E-state index is 11.6. The SMILES string of the molecule is CC1CCN(C(=O)CCC2CC2)C1. The zero-order valence-corrected chi connectivity index (χ0v) is 8.46. The fraction of sp³-hybridized carbons (Fsp3) is 0.909. The quantitative estimate of drug-likeness (QED) is 0.652. The van der Waals surface area contributed by atoms with Crippen molar-refractivity contribution < 1.29 is 4.79 Å². The maximum absolute atomic E-state index is 11.6. The molecule has 0 aromatic carbocycles. The van der Waals surface area contributed by atoms with Crippen LogP contribution < -0.4 is 0 Å². The van der Waals surface area contributed by atoms with Crippen LogP contribution in [0.15, 0.2) is 0 Å². The second-order valence-corrected chi connectivity index (χ2v) is 4.72. The molecule has 1 aliphatic carbocycles. The Balaban J connectivity index is 1.69. The van der Waals surface area contributed by atoms with Gasteiger partial charge in [0.05, 0.1) is 0 Å². The number of hydrogen-bond donors (Lipinski definition) is 0. The molecule has 1 unspecified atom stereocenters. The zero-order valence-electron chi connectivity index (χ0n) is 8.46. The second kappa shape index (κ2) is 3.69. The van der Waals surface area contributed by atoms with E-state index in [1.807, 2.05) is 4.90 Å². The molecule has 1 saturated carbocycles. The van der Waals surface area contributed by atoms with Gasteiger partial charge in [0.15, 0.2) is 0 Å². The molecular weight excluding hydrogens is 162 g/mol. The molecule has 2 rings (SSSR count). The van der Waals surface area contributed by atoms with E-state index in [0.29, 0.717) is 5.91 Å². The molecule has 1 aliphatic heterocycles. The van der Waals surface area contributed by atoms with Crippen LogP contribution >= 0.6 is 0 Å². The molecule has 2 fully saturated rings. The largest absolute Gasteiger partial charge is 0.342 e. The molecular formula is C11H19NO. The minimum absolute atomic E-state index is 0.399. The Bertz CT molecular complexity index is 198. The normalized spacial score (nSPS) is 28.1. The third kappa shape index (κ3) is 2.45. The highest BCUT2D eigenvalue weighted by molar-refractivity contribution is 5.76. The van der Waals surface area contributed by atoms with E-state index in [2.05, 4.69) is 6.92 Å². The standard InChI is InChI=1S/C11H19NO/c1-9-6-7-12(8-9)11(13)5-4-10-2-3-10/h9-10H,2-8H2,1H3. The molecule has 1 heterocycles. The smallest absolute Gasteiger partial charge is 0.222 e. The Labute approximate surface area is 80.3 Å². The van der Waals surface area contributed by atoms with Crippen LogP contribution in [0.3, 0.4) is 0 Å². The van der Waals surface area contributed by atoms with Gasteiger partial charge in [-0.05, 0) is 24.7 Å². The molecule has 0 aromatic heterocycles. The van der Waals surface area contributed by atoms with Gasteiger partial charge >= 0.3 is 0 Å². The Kier molecular flexibility index (Phi) is 2.56. The minimum Gasteiger partial charge on any atom is -0.342 e. The van der Waals surface area contributed by atoms with E-state index in [4.69, 9.17) is 0 Å². The molecule has 74 valence electrons. The van der Waals surface area contributed by atoms with Crippen LogP contribution in [0.2, 0.25) is 0 Å². The number of carbonyl (C=O) groups is 1. The lowest BCUT2D eigenvalue weighted by Gasteiger charge is -2.15. The summed E-state index contributed by atoms with van der Waals surface area (Å²) >= 11 is 0. The zero-order chi connectivity index (χ0) is 9.26. The molecule has 0 radical (unpaired) electrons. The lowest BCUT2D eigenvalue weighted by molar-refractivity contribution is -0.130. The van der Waals surface area contributed by atoms with Crippen LogP contribution in [0, 0.1) is 11.8 Å². The molecule has 1 amide bonds. The molecule has 0 bridgehead atoms. The first-order chi connectivity index (χ1) is 6.25. The van der Waals surface area contributed by atoms with Gasteiger partial charge in [-0.15, -0.1) is 0 Å². The maximum Gasteiger partial charge on any atom is 0.222 e. The molecule has 0 N–H and O–H groups in total. The van der Waals surface area contributed by atoms with Crippen molar-refractivity contribution in [1.82, 2.24) is 4.90 Å². The lowest BCUT2D eigenvalue weighted by Crippen LogP contribution is -2.28. The van der Waals surface area contributed by atoms with E-state index in [0.717, 1.165) is 37.8 Å². The van der Waals surface area contributed by atoms with Gasteiger partial charge in [-0.1, -0.05) is 19.8 Å². The third-order valence-corrected chi connectivity index (χ3v) is 3.24. The van der Waals surface area contributed by atoms with Crippen molar-refractivity contribution in [3.8, 4) is 0 Å². The summed E-state index contributed by atoms with van der Waals surface area (Å²) in [6, 6.07) is 0. The van der Waals surface area contributed by atoms with E-state index < -0.39 is 0 Å². The lowest BCUT2D eigenvalue weighted by atomic mass is 10.2. The van der Waals surface area contributed by atoms with Gasteiger partial charge in [0.2, 0.25) is 5.91 Å². The number of nitrogens with zero attached hydrogens (tertiary/aromatic N) is 1. The summed E-state index contributed by atoms with van der Waals surface area (Å²) in [5.74, 6) is 2.02. The van der Waals surface area contributed by atoms with E-state index in [9.17, 15) is 4.79 Å². The molecule has 0 aromatic rings. The van der Waals surface area contributed by atoms with E-state index in [1.165, 1.54) is 19.3 Å². The van der Waals surface area contributed by atoms with Crippen LogP contribution in [0.25, 0.3) is 0 Å². The summed E-state index contributed by atoms with van der Waals surface area (Å²) in [6.45, 7) is 4.24. The Morgan fingerprint density at radius 1 is 1.38 bits per heavy atom. The Morgan fingerprint density at radius 3 is 2.69 bits per heavy atom.